The summed E-state index contributed by atoms with van der Waals surface area (Å²) in [6.45, 7) is -0.319. The third kappa shape index (κ3) is 8.06. The lowest BCUT2D eigenvalue weighted by Crippen LogP contribution is -2.25. The van der Waals surface area contributed by atoms with E-state index in [1.807, 2.05) is 0 Å². The van der Waals surface area contributed by atoms with Gasteiger partial charge in [0.1, 0.15) is 17.4 Å². The number of carbonyl (C=O) groups excluding carboxylic acids is 1. The number of para-hydroxylation sites is 1. The monoisotopic (exact) mass is 357 g/mol. The Morgan fingerprint density at radius 1 is 1.28 bits per heavy atom. The zero-order valence-electron chi connectivity index (χ0n) is 13.1. The van der Waals surface area contributed by atoms with Crippen molar-refractivity contribution in [1.29, 1.82) is 0 Å². The summed E-state index contributed by atoms with van der Waals surface area (Å²) in [5.74, 6) is -1.89. The molecule has 0 saturated heterocycles. The fraction of sp³-hybridized carbons (Fsp3) is 0.429. The van der Waals surface area contributed by atoms with Crippen LogP contribution in [0.25, 0.3) is 0 Å². The van der Waals surface area contributed by atoms with Gasteiger partial charge in [0.25, 0.3) is 5.09 Å². The van der Waals surface area contributed by atoms with Gasteiger partial charge >= 0.3 is 11.9 Å². The summed E-state index contributed by atoms with van der Waals surface area (Å²) in [6, 6.07) is 5.73. The molecule has 0 aliphatic carbocycles. The van der Waals surface area contributed by atoms with Crippen LogP contribution in [0.3, 0.4) is 0 Å². The molecule has 2 N–H and O–H groups in total. The average molecular weight is 357 g/mol. The Morgan fingerprint density at radius 3 is 2.64 bits per heavy atom. The van der Waals surface area contributed by atoms with Gasteiger partial charge in [0.15, 0.2) is 0 Å². The molecule has 1 aromatic carbocycles. The van der Waals surface area contributed by atoms with E-state index in [2.05, 4.69) is 9.68 Å². The third-order valence-electron chi connectivity index (χ3n) is 3.06. The number of ether oxygens (including phenoxy) is 1. The predicted molar refractivity (Wildman–Crippen MR) is 81.8 cm³/mol. The fourth-order valence-electron chi connectivity index (χ4n) is 1.96. The van der Waals surface area contributed by atoms with Crippen molar-refractivity contribution < 1.29 is 34.2 Å². The number of aromatic carboxylic acids is 1. The summed E-state index contributed by atoms with van der Waals surface area (Å²) < 4.78 is 5.01. The van der Waals surface area contributed by atoms with Gasteiger partial charge in [-0.15, -0.1) is 10.1 Å². The van der Waals surface area contributed by atoms with Crippen molar-refractivity contribution in [3.05, 3.63) is 45.2 Å². The van der Waals surface area contributed by atoms with Crippen LogP contribution < -0.4 is 10.4 Å². The van der Waals surface area contributed by atoms with Crippen LogP contribution in [-0.2, 0) is 14.5 Å². The number of unbranched alkanes of at least 4 members (excludes halogenated alkanes) is 1. The zero-order valence-corrected chi connectivity index (χ0v) is 13.1. The standard InChI is InChI=1S/C14H17N2O9/c17-13(24-12-7-3-2-6-11(12)14(18)19)8-4-1-5-10(9-23-15-20)25-16(21)22/h2-3,6-7,10,15H,1,4-5,8-9H2,(H,18,19)/q-1. The highest BCUT2D eigenvalue weighted by Gasteiger charge is 2.16. The van der Waals surface area contributed by atoms with Gasteiger partial charge < -0.3 is 24.7 Å². The van der Waals surface area contributed by atoms with Crippen LogP contribution in [0.5, 0.6) is 5.75 Å². The van der Waals surface area contributed by atoms with Crippen molar-refractivity contribution in [3.8, 4) is 5.75 Å². The number of carboxylic acids is 1. The highest BCUT2D eigenvalue weighted by Crippen LogP contribution is 2.19. The van der Waals surface area contributed by atoms with Crippen molar-refractivity contribution in [1.82, 2.24) is 5.64 Å². The van der Waals surface area contributed by atoms with Crippen molar-refractivity contribution in [2.45, 2.75) is 31.8 Å². The van der Waals surface area contributed by atoms with E-state index in [4.69, 9.17) is 9.84 Å². The maximum absolute atomic E-state index is 11.8. The van der Waals surface area contributed by atoms with E-state index in [0.29, 0.717) is 12.8 Å². The Balaban J connectivity index is 2.39. The minimum Gasteiger partial charge on any atom is -0.765 e. The number of nitrogens with zero attached hydrogens (tertiary/aromatic N) is 1. The van der Waals surface area contributed by atoms with E-state index in [0.717, 1.165) is 5.64 Å². The van der Waals surface area contributed by atoms with Crippen molar-refractivity contribution in [2.24, 2.45) is 0 Å². The van der Waals surface area contributed by atoms with Crippen LogP contribution in [0.15, 0.2) is 24.3 Å². The van der Waals surface area contributed by atoms with Gasteiger partial charge in [0.05, 0.1) is 6.61 Å². The third-order valence-corrected chi connectivity index (χ3v) is 3.06. The predicted octanol–water partition coefficient (Wildman–Crippen LogP) is 1.45. The first-order valence-electron chi connectivity index (χ1n) is 7.27. The maximum atomic E-state index is 11.8. The number of carbonyl (C=O) groups is 2. The molecule has 1 unspecified atom stereocenters. The highest BCUT2D eigenvalue weighted by atomic mass is 17.0. The molecule has 0 aromatic heterocycles. The average Bonchev–Trinajstić information content (AvgIpc) is 2.56. The molecule has 25 heavy (non-hydrogen) atoms. The molecule has 11 heteroatoms. The number of esters is 1. The normalized spacial score (nSPS) is 11.6. The Hall–Kier alpha value is -2.76. The Bertz CT molecular complexity index is 593. The SMILES string of the molecule is O=C(CCCCC(CON[O-])O[N+](=O)[O-])Oc1ccccc1C(=O)O. The second kappa shape index (κ2) is 10.9. The van der Waals surface area contributed by atoms with Crippen LogP contribution in [0.4, 0.5) is 0 Å². The lowest BCUT2D eigenvalue weighted by atomic mass is 10.1. The Kier molecular flexibility index (Phi) is 8.85. The zero-order chi connectivity index (χ0) is 18.7. The molecule has 0 heterocycles. The highest BCUT2D eigenvalue weighted by molar-refractivity contribution is 5.91. The topological polar surface area (TPSA) is 160 Å². The summed E-state index contributed by atoms with van der Waals surface area (Å²) in [5, 5.41) is 28.3. The first-order chi connectivity index (χ1) is 11.9. The molecule has 138 valence electrons. The van der Waals surface area contributed by atoms with Crippen LogP contribution in [0.2, 0.25) is 0 Å². The van der Waals surface area contributed by atoms with E-state index in [1.165, 1.54) is 18.2 Å². The molecule has 0 fully saturated rings. The number of benzene rings is 1. The van der Waals surface area contributed by atoms with Crippen molar-refractivity contribution in [3.63, 3.8) is 0 Å². The van der Waals surface area contributed by atoms with Gasteiger partial charge in [-0.2, -0.15) is 0 Å². The number of hydrogen-bond donors (Lipinski definition) is 2. The molecule has 0 aliphatic heterocycles. The summed E-state index contributed by atoms with van der Waals surface area (Å²) in [7, 11) is 0. The second-order valence-corrected chi connectivity index (χ2v) is 4.87. The summed E-state index contributed by atoms with van der Waals surface area (Å²) in [5.41, 5.74) is 1.02. The van der Waals surface area contributed by atoms with E-state index in [9.17, 15) is 24.9 Å². The first-order valence-corrected chi connectivity index (χ1v) is 7.27. The number of nitrogens with one attached hydrogen (secondary N) is 1. The summed E-state index contributed by atoms with van der Waals surface area (Å²) in [4.78, 5) is 41.7. The Morgan fingerprint density at radius 2 is 2.00 bits per heavy atom. The van der Waals surface area contributed by atoms with Crippen LogP contribution in [-0.4, -0.2) is 34.8 Å². The van der Waals surface area contributed by atoms with Crippen LogP contribution in [0.1, 0.15) is 36.0 Å². The van der Waals surface area contributed by atoms with Gasteiger partial charge in [-0.25, -0.2) is 4.79 Å². The summed E-state index contributed by atoms with van der Waals surface area (Å²) >= 11 is 0. The van der Waals surface area contributed by atoms with Gasteiger partial charge in [-0.1, -0.05) is 18.6 Å². The molecular weight excluding hydrogens is 340 g/mol. The molecule has 1 rings (SSSR count). The van der Waals surface area contributed by atoms with Gasteiger partial charge in [-0.05, 0) is 25.0 Å². The quantitative estimate of drug-likeness (QED) is 0.184. The molecule has 0 amide bonds. The molecule has 1 atom stereocenters. The van der Waals surface area contributed by atoms with E-state index >= 15 is 0 Å². The van der Waals surface area contributed by atoms with E-state index < -0.39 is 23.1 Å². The molecule has 0 spiro atoms. The van der Waals surface area contributed by atoms with Crippen molar-refractivity contribution in [2.75, 3.05) is 6.61 Å². The molecule has 0 saturated carbocycles. The molecule has 0 bridgehead atoms. The minimum atomic E-state index is -1.21. The molecule has 0 aliphatic rings. The van der Waals surface area contributed by atoms with Crippen molar-refractivity contribution >= 4 is 11.9 Å². The number of hydrogen-bond acceptors (Lipinski definition) is 9. The summed E-state index contributed by atoms with van der Waals surface area (Å²) in [6.07, 6.45) is -0.0749. The smallest absolute Gasteiger partial charge is 0.339 e. The minimum absolute atomic E-state index is 0.0141. The van der Waals surface area contributed by atoms with Crippen LogP contribution >= 0.6 is 0 Å². The number of rotatable bonds is 12. The molecule has 1 aromatic rings. The molecule has 0 radical (unpaired) electrons. The maximum Gasteiger partial charge on any atom is 0.339 e. The van der Waals surface area contributed by atoms with Crippen LogP contribution in [0, 0.1) is 15.3 Å². The fourth-order valence-corrected chi connectivity index (χ4v) is 1.96. The van der Waals surface area contributed by atoms with E-state index in [1.54, 1.807) is 6.07 Å². The first kappa shape index (κ1) is 20.3. The Labute approximate surface area is 142 Å². The lowest BCUT2D eigenvalue weighted by molar-refractivity contribution is -0.769. The second-order valence-electron chi connectivity index (χ2n) is 4.87. The molecule has 11 nitrogen and oxygen atoms in total. The van der Waals surface area contributed by atoms with E-state index in [-0.39, 0.29) is 30.8 Å². The van der Waals surface area contributed by atoms with Gasteiger partial charge in [0, 0.05) is 6.42 Å². The van der Waals surface area contributed by atoms with Gasteiger partial charge in [-0.3, -0.25) is 10.4 Å². The van der Waals surface area contributed by atoms with Gasteiger partial charge in [0.2, 0.25) is 0 Å². The lowest BCUT2D eigenvalue weighted by Gasteiger charge is -2.16. The molecular formula is C14H17N2O9-. The number of carboxylic acid groups (broad SMARTS) is 1. The largest absolute Gasteiger partial charge is 0.765 e.